The zero-order valence-corrected chi connectivity index (χ0v) is 13.1. The molecule has 2 aromatic rings. The first-order valence-electron chi connectivity index (χ1n) is 8.32. The van der Waals surface area contributed by atoms with Gasteiger partial charge in [-0.3, -0.25) is 0 Å². The quantitative estimate of drug-likeness (QED) is 0.931. The molecule has 2 unspecified atom stereocenters. The van der Waals surface area contributed by atoms with Crippen LogP contribution < -0.4 is 0 Å². The maximum absolute atomic E-state index is 13.0. The number of aliphatic hydroxyl groups is 1. The molecule has 4 rings (SSSR count). The Kier molecular flexibility index (Phi) is 3.67. The molecular formula is C16H19F3N4O. The number of nitrogens with zero attached hydrogens (tertiary/aromatic N) is 4. The summed E-state index contributed by atoms with van der Waals surface area (Å²) in [7, 11) is 0. The molecule has 0 bridgehead atoms. The Hall–Kier alpha value is -1.83. The highest BCUT2D eigenvalue weighted by Crippen LogP contribution is 2.43. The van der Waals surface area contributed by atoms with Crippen molar-refractivity contribution < 1.29 is 18.3 Å². The maximum atomic E-state index is 13.0. The summed E-state index contributed by atoms with van der Waals surface area (Å²) in [4.78, 5) is 4.05. The number of aliphatic hydroxyl groups excluding tert-OH is 1. The average Bonchev–Trinajstić information content (AvgIpc) is 3.22. The van der Waals surface area contributed by atoms with E-state index in [1.165, 1.54) is 6.42 Å². The lowest BCUT2D eigenvalue weighted by atomic mass is 9.83. The number of alkyl halides is 3. The third kappa shape index (κ3) is 2.53. The minimum absolute atomic E-state index is 0.0498. The molecule has 0 saturated heterocycles. The predicted molar refractivity (Wildman–Crippen MR) is 80.1 cm³/mol. The van der Waals surface area contributed by atoms with Gasteiger partial charge in [0.1, 0.15) is 0 Å². The van der Waals surface area contributed by atoms with Gasteiger partial charge in [0.05, 0.1) is 36.1 Å². The summed E-state index contributed by atoms with van der Waals surface area (Å²) in [6.07, 6.45) is 4.83. The lowest BCUT2D eigenvalue weighted by Gasteiger charge is -2.28. The zero-order chi connectivity index (χ0) is 16.9. The fraction of sp³-hybridized carbons (Fsp3) is 0.625. The van der Waals surface area contributed by atoms with Crippen LogP contribution in [0.3, 0.4) is 0 Å². The van der Waals surface area contributed by atoms with E-state index < -0.39 is 18.4 Å². The van der Waals surface area contributed by atoms with Crippen molar-refractivity contribution in [3.63, 3.8) is 0 Å². The summed E-state index contributed by atoms with van der Waals surface area (Å²) in [6.45, 7) is 0. The minimum atomic E-state index is -4.54. The van der Waals surface area contributed by atoms with E-state index in [4.69, 9.17) is 0 Å². The monoisotopic (exact) mass is 340 g/mol. The van der Waals surface area contributed by atoms with Gasteiger partial charge < -0.3 is 9.67 Å². The summed E-state index contributed by atoms with van der Waals surface area (Å²) in [5.74, 6) is 0.222. The van der Waals surface area contributed by atoms with Crippen LogP contribution in [0.2, 0.25) is 0 Å². The van der Waals surface area contributed by atoms with Crippen molar-refractivity contribution in [2.45, 2.75) is 57.0 Å². The van der Waals surface area contributed by atoms with E-state index in [0.29, 0.717) is 23.4 Å². The van der Waals surface area contributed by atoms with Crippen molar-refractivity contribution in [1.82, 2.24) is 19.3 Å². The van der Waals surface area contributed by atoms with Crippen molar-refractivity contribution in [2.75, 3.05) is 0 Å². The summed E-state index contributed by atoms with van der Waals surface area (Å²) < 4.78 is 40.7. The van der Waals surface area contributed by atoms with Crippen LogP contribution in [0.25, 0.3) is 11.3 Å². The van der Waals surface area contributed by atoms with E-state index in [1.54, 1.807) is 12.5 Å². The van der Waals surface area contributed by atoms with Gasteiger partial charge in [-0.2, -0.15) is 9.78 Å². The number of aromatic nitrogens is 4. The van der Waals surface area contributed by atoms with Gasteiger partial charge in [-0.25, -0.2) is 4.98 Å². The van der Waals surface area contributed by atoms with Gasteiger partial charge in [0.25, 0.3) is 0 Å². The number of hydrogen-bond donors (Lipinski definition) is 1. The van der Waals surface area contributed by atoms with Crippen LogP contribution in [0.1, 0.15) is 50.3 Å². The number of fused-ring (bicyclic) bond motifs is 3. The molecule has 3 heterocycles. The second-order valence-corrected chi connectivity index (χ2v) is 6.74. The van der Waals surface area contributed by atoms with Gasteiger partial charge in [0.2, 0.25) is 0 Å². The fourth-order valence-electron chi connectivity index (χ4n) is 4.02. The van der Waals surface area contributed by atoms with Crippen LogP contribution in [-0.2, 0) is 6.30 Å². The van der Waals surface area contributed by atoms with E-state index in [1.807, 2.05) is 4.57 Å². The Morgan fingerprint density at radius 3 is 2.71 bits per heavy atom. The second kappa shape index (κ2) is 5.61. The van der Waals surface area contributed by atoms with E-state index in [-0.39, 0.29) is 10.6 Å². The molecule has 1 fully saturated rings. The topological polar surface area (TPSA) is 55.9 Å². The minimum Gasteiger partial charge on any atom is -0.393 e. The molecule has 0 amide bonds. The van der Waals surface area contributed by atoms with Gasteiger partial charge in [0.15, 0.2) is 0 Å². The molecule has 2 aliphatic rings. The molecular weight excluding hydrogens is 321 g/mol. The largest absolute Gasteiger partial charge is 0.504 e. The highest BCUT2D eigenvalue weighted by Gasteiger charge is 2.39. The molecule has 1 saturated carbocycles. The Balaban J connectivity index is 1.63. The first-order valence-corrected chi connectivity index (χ1v) is 8.32. The Morgan fingerprint density at radius 2 is 2.00 bits per heavy atom. The standard InChI is InChI=1S/C16H19F3N4O/c17-16(18,19)23-8-11-13-7-20-9-22(13)12(15(11)21-23)6-14(24)10-4-2-1-3-5-10/h7-10,12,14,24H,1-6H2. The molecule has 1 aliphatic carbocycles. The first kappa shape index (κ1) is 15.7. The van der Waals surface area contributed by atoms with Crippen LogP contribution in [0.15, 0.2) is 18.7 Å². The molecule has 2 aromatic heterocycles. The van der Waals surface area contributed by atoms with Gasteiger partial charge in [-0.1, -0.05) is 19.3 Å². The van der Waals surface area contributed by atoms with Crippen LogP contribution in [0, 0.1) is 5.92 Å². The van der Waals surface area contributed by atoms with E-state index >= 15 is 0 Å². The zero-order valence-electron chi connectivity index (χ0n) is 13.1. The van der Waals surface area contributed by atoms with Gasteiger partial charge in [-0.05, 0) is 18.8 Å². The highest BCUT2D eigenvalue weighted by atomic mass is 19.4. The summed E-state index contributed by atoms with van der Waals surface area (Å²) in [6, 6.07) is -0.391. The summed E-state index contributed by atoms with van der Waals surface area (Å²) in [5.41, 5.74) is 1.45. The molecule has 0 aromatic carbocycles. The molecule has 8 heteroatoms. The van der Waals surface area contributed by atoms with Crippen LogP contribution in [-0.4, -0.2) is 30.5 Å². The van der Waals surface area contributed by atoms with Gasteiger partial charge >= 0.3 is 6.30 Å². The predicted octanol–water partition coefficient (Wildman–Crippen LogP) is 3.46. The van der Waals surface area contributed by atoms with Crippen molar-refractivity contribution in [3.05, 3.63) is 24.4 Å². The number of halogens is 3. The van der Waals surface area contributed by atoms with E-state index in [9.17, 15) is 18.3 Å². The van der Waals surface area contributed by atoms with E-state index in [2.05, 4.69) is 10.1 Å². The van der Waals surface area contributed by atoms with Crippen LogP contribution in [0.5, 0.6) is 0 Å². The number of rotatable bonds is 3. The van der Waals surface area contributed by atoms with E-state index in [0.717, 1.165) is 31.9 Å². The van der Waals surface area contributed by atoms with Crippen molar-refractivity contribution in [3.8, 4) is 11.3 Å². The van der Waals surface area contributed by atoms with Crippen LogP contribution in [0.4, 0.5) is 13.2 Å². The smallest absolute Gasteiger partial charge is 0.393 e. The molecule has 130 valence electrons. The Bertz CT molecular complexity index is 730. The lowest BCUT2D eigenvalue weighted by molar-refractivity contribution is -0.212. The summed E-state index contributed by atoms with van der Waals surface area (Å²) in [5, 5.41) is 14.4. The van der Waals surface area contributed by atoms with Gasteiger partial charge in [-0.15, -0.1) is 13.2 Å². The molecule has 24 heavy (non-hydrogen) atoms. The number of hydrogen-bond acceptors (Lipinski definition) is 3. The Labute approximate surface area is 137 Å². The number of imidazole rings is 1. The van der Waals surface area contributed by atoms with Gasteiger partial charge in [0, 0.05) is 18.2 Å². The molecule has 0 radical (unpaired) electrons. The summed E-state index contributed by atoms with van der Waals surface area (Å²) >= 11 is 0. The molecule has 0 spiro atoms. The highest BCUT2D eigenvalue weighted by molar-refractivity contribution is 5.66. The molecule has 2 atom stereocenters. The maximum Gasteiger partial charge on any atom is 0.504 e. The van der Waals surface area contributed by atoms with Crippen LogP contribution >= 0.6 is 0 Å². The molecule has 1 aliphatic heterocycles. The van der Waals surface area contributed by atoms with Crippen molar-refractivity contribution in [2.24, 2.45) is 5.92 Å². The molecule has 1 N–H and O–H groups in total. The third-order valence-corrected chi connectivity index (χ3v) is 5.25. The first-order chi connectivity index (χ1) is 11.4. The normalized spacial score (nSPS) is 22.4. The second-order valence-electron chi connectivity index (χ2n) is 6.74. The SMILES string of the molecule is OC(CC1c2nn(C(F)(F)F)cc2-c2cncn21)C1CCCCC1. The lowest BCUT2D eigenvalue weighted by Crippen LogP contribution is -2.26. The fourth-order valence-corrected chi connectivity index (χ4v) is 4.02. The Morgan fingerprint density at radius 1 is 1.25 bits per heavy atom. The third-order valence-electron chi connectivity index (χ3n) is 5.25. The average molecular weight is 340 g/mol. The molecule has 5 nitrogen and oxygen atoms in total. The van der Waals surface area contributed by atoms with Crippen molar-refractivity contribution in [1.29, 1.82) is 0 Å². The van der Waals surface area contributed by atoms with Crippen molar-refractivity contribution >= 4 is 0 Å².